The molecule has 0 saturated carbocycles. The van der Waals surface area contributed by atoms with Crippen LogP contribution in [0.15, 0.2) is 36.4 Å². The van der Waals surface area contributed by atoms with Crippen LogP contribution in [0.3, 0.4) is 0 Å². The first kappa shape index (κ1) is 20.6. The summed E-state index contributed by atoms with van der Waals surface area (Å²) in [7, 11) is 3.32. The van der Waals surface area contributed by atoms with Crippen LogP contribution in [0.4, 0.5) is 4.39 Å². The zero-order valence-corrected chi connectivity index (χ0v) is 18.2. The zero-order valence-electron chi connectivity index (χ0n) is 17.4. The maximum atomic E-state index is 14.2. The number of thiophene rings is 1. The molecule has 1 aromatic heterocycles. The van der Waals surface area contributed by atoms with Crippen molar-refractivity contribution in [2.45, 2.75) is 13.5 Å². The predicted octanol–water partition coefficient (Wildman–Crippen LogP) is 4.32. The van der Waals surface area contributed by atoms with Gasteiger partial charge in [0.25, 0.3) is 5.91 Å². The summed E-state index contributed by atoms with van der Waals surface area (Å²) in [6, 6.07) is 10.8. The molecule has 0 atom stereocenters. The Hall–Kier alpha value is -2.64. The number of aryl methyl sites for hydroxylation is 1. The number of methoxy groups -OCH3 is 2. The molecular formula is C23H25FN2O3S. The molecule has 7 heteroatoms. The number of nitrogens with zero attached hydrogens (tertiary/aromatic N) is 2. The molecule has 1 saturated heterocycles. The van der Waals surface area contributed by atoms with Crippen molar-refractivity contribution in [1.29, 1.82) is 0 Å². The summed E-state index contributed by atoms with van der Waals surface area (Å²) in [5, 5.41) is 0.564. The fraction of sp³-hybridized carbons (Fsp3) is 0.348. The van der Waals surface area contributed by atoms with Crippen molar-refractivity contribution in [3.05, 3.63) is 58.2 Å². The molecule has 5 nitrogen and oxygen atoms in total. The van der Waals surface area contributed by atoms with Crippen molar-refractivity contribution in [2.75, 3.05) is 40.4 Å². The van der Waals surface area contributed by atoms with Gasteiger partial charge in [-0.15, -0.1) is 11.3 Å². The lowest BCUT2D eigenvalue weighted by Gasteiger charge is -2.35. The van der Waals surface area contributed by atoms with E-state index in [0.717, 1.165) is 47.0 Å². The third-order valence-electron chi connectivity index (χ3n) is 5.64. The number of ether oxygens (including phenoxy) is 2. The van der Waals surface area contributed by atoms with E-state index in [9.17, 15) is 9.18 Å². The molecule has 0 unspecified atom stereocenters. The molecule has 3 aromatic rings. The van der Waals surface area contributed by atoms with Crippen LogP contribution in [-0.4, -0.2) is 56.1 Å². The molecule has 0 aliphatic carbocycles. The number of carbonyl (C=O) groups is 1. The minimum absolute atomic E-state index is 0.00768. The number of carbonyl (C=O) groups excluding carboxylic acids is 1. The third-order valence-corrected chi connectivity index (χ3v) is 6.88. The van der Waals surface area contributed by atoms with E-state index in [-0.39, 0.29) is 11.7 Å². The van der Waals surface area contributed by atoms with Crippen LogP contribution in [0, 0.1) is 12.7 Å². The number of piperazine rings is 1. The molecule has 0 spiro atoms. The lowest BCUT2D eigenvalue weighted by Crippen LogP contribution is -2.48. The van der Waals surface area contributed by atoms with Gasteiger partial charge in [0, 0.05) is 48.4 Å². The Labute approximate surface area is 179 Å². The summed E-state index contributed by atoms with van der Waals surface area (Å²) in [5.41, 5.74) is 1.80. The highest BCUT2D eigenvalue weighted by molar-refractivity contribution is 7.21. The van der Waals surface area contributed by atoms with Gasteiger partial charge in [0.05, 0.1) is 19.1 Å². The van der Waals surface area contributed by atoms with Gasteiger partial charge in [0.15, 0.2) is 0 Å². The molecule has 1 aliphatic heterocycles. The Kier molecular flexibility index (Phi) is 5.92. The van der Waals surface area contributed by atoms with Gasteiger partial charge in [-0.1, -0.05) is 6.07 Å². The Morgan fingerprint density at radius 3 is 2.53 bits per heavy atom. The molecule has 1 fully saturated rings. The summed E-state index contributed by atoms with van der Waals surface area (Å²) in [6.45, 7) is 5.38. The van der Waals surface area contributed by atoms with Crippen molar-refractivity contribution in [3.8, 4) is 11.5 Å². The van der Waals surface area contributed by atoms with Gasteiger partial charge >= 0.3 is 0 Å². The molecule has 30 heavy (non-hydrogen) atoms. The Bertz CT molecular complexity index is 1070. The summed E-state index contributed by atoms with van der Waals surface area (Å²) >= 11 is 1.38. The van der Waals surface area contributed by atoms with Crippen LogP contribution in [0.5, 0.6) is 11.5 Å². The predicted molar refractivity (Wildman–Crippen MR) is 117 cm³/mol. The number of fused-ring (bicyclic) bond motifs is 1. The van der Waals surface area contributed by atoms with Gasteiger partial charge in [-0.2, -0.15) is 0 Å². The van der Waals surface area contributed by atoms with Gasteiger partial charge in [-0.25, -0.2) is 4.39 Å². The minimum atomic E-state index is -0.266. The first-order chi connectivity index (χ1) is 14.5. The van der Waals surface area contributed by atoms with E-state index in [4.69, 9.17) is 9.47 Å². The first-order valence-electron chi connectivity index (χ1n) is 9.92. The van der Waals surface area contributed by atoms with E-state index in [1.165, 1.54) is 17.4 Å². The van der Waals surface area contributed by atoms with Crippen molar-refractivity contribution in [2.24, 2.45) is 0 Å². The molecule has 0 radical (unpaired) electrons. The number of rotatable bonds is 5. The van der Waals surface area contributed by atoms with Gasteiger partial charge in [0.2, 0.25) is 0 Å². The Morgan fingerprint density at radius 1 is 1.10 bits per heavy atom. The molecule has 1 aliphatic rings. The summed E-state index contributed by atoms with van der Waals surface area (Å²) in [6.07, 6.45) is 0. The smallest absolute Gasteiger partial charge is 0.264 e. The molecule has 2 aromatic carbocycles. The van der Waals surface area contributed by atoms with Crippen molar-refractivity contribution < 1.29 is 18.7 Å². The minimum Gasteiger partial charge on any atom is -0.497 e. The summed E-state index contributed by atoms with van der Waals surface area (Å²) in [5.74, 6) is 1.35. The lowest BCUT2D eigenvalue weighted by molar-refractivity contribution is 0.0631. The normalized spacial score (nSPS) is 14.9. The van der Waals surface area contributed by atoms with Gasteiger partial charge in [-0.3, -0.25) is 9.69 Å². The van der Waals surface area contributed by atoms with Gasteiger partial charge in [0.1, 0.15) is 17.3 Å². The first-order valence-corrected chi connectivity index (χ1v) is 10.7. The molecule has 158 valence electrons. The van der Waals surface area contributed by atoms with E-state index in [0.29, 0.717) is 23.4 Å². The maximum Gasteiger partial charge on any atom is 0.264 e. The maximum absolute atomic E-state index is 14.2. The average Bonchev–Trinajstić information content (AvgIpc) is 3.11. The molecular weight excluding hydrogens is 403 g/mol. The lowest BCUT2D eigenvalue weighted by atomic mass is 10.1. The number of hydrogen-bond acceptors (Lipinski definition) is 5. The average molecular weight is 429 g/mol. The van der Waals surface area contributed by atoms with Crippen LogP contribution >= 0.6 is 11.3 Å². The molecule has 1 amide bonds. The second kappa shape index (κ2) is 8.62. The number of benzene rings is 2. The molecule has 4 rings (SSSR count). The Morgan fingerprint density at radius 2 is 1.87 bits per heavy atom. The van der Waals surface area contributed by atoms with Crippen LogP contribution in [0.2, 0.25) is 0 Å². The Balaban J connectivity index is 1.45. The fourth-order valence-corrected chi connectivity index (χ4v) is 5.15. The SMILES string of the molecule is COc1ccc(OC)c(CN2CCN(C(=O)c3sc4cccc(F)c4c3C)CC2)c1. The fourth-order valence-electron chi connectivity index (χ4n) is 3.96. The van der Waals surface area contributed by atoms with E-state index in [2.05, 4.69) is 4.90 Å². The number of hydrogen-bond donors (Lipinski definition) is 0. The van der Waals surface area contributed by atoms with E-state index < -0.39 is 0 Å². The highest BCUT2D eigenvalue weighted by Crippen LogP contribution is 2.33. The number of halogens is 1. The summed E-state index contributed by atoms with van der Waals surface area (Å²) in [4.78, 5) is 17.9. The van der Waals surface area contributed by atoms with Crippen LogP contribution < -0.4 is 9.47 Å². The summed E-state index contributed by atoms with van der Waals surface area (Å²) < 4.78 is 25.8. The van der Waals surface area contributed by atoms with Crippen LogP contribution in [0.1, 0.15) is 20.8 Å². The largest absolute Gasteiger partial charge is 0.497 e. The molecule has 2 heterocycles. The standard InChI is InChI=1S/C23H25FN2O3S/c1-15-21-18(24)5-4-6-20(21)30-22(15)23(27)26-11-9-25(10-12-26)14-16-13-17(28-2)7-8-19(16)29-3/h4-8,13H,9-12,14H2,1-3H3. The third kappa shape index (κ3) is 3.87. The quantitative estimate of drug-likeness (QED) is 0.607. The second-order valence-corrected chi connectivity index (χ2v) is 8.47. The monoisotopic (exact) mass is 428 g/mol. The number of amides is 1. The van der Waals surface area contributed by atoms with Crippen molar-refractivity contribution >= 4 is 27.3 Å². The zero-order chi connectivity index (χ0) is 21.3. The van der Waals surface area contributed by atoms with Crippen molar-refractivity contribution in [3.63, 3.8) is 0 Å². The highest BCUT2D eigenvalue weighted by Gasteiger charge is 2.26. The molecule has 0 N–H and O–H groups in total. The van der Waals surface area contributed by atoms with Crippen LogP contribution in [0.25, 0.3) is 10.1 Å². The second-order valence-electron chi connectivity index (χ2n) is 7.42. The van der Waals surface area contributed by atoms with E-state index >= 15 is 0 Å². The van der Waals surface area contributed by atoms with Crippen molar-refractivity contribution in [1.82, 2.24) is 9.80 Å². The van der Waals surface area contributed by atoms with Gasteiger partial charge < -0.3 is 14.4 Å². The molecule has 0 bridgehead atoms. The van der Waals surface area contributed by atoms with E-state index in [1.54, 1.807) is 20.3 Å². The topological polar surface area (TPSA) is 42.0 Å². The highest BCUT2D eigenvalue weighted by atomic mass is 32.1. The van der Waals surface area contributed by atoms with Crippen LogP contribution in [-0.2, 0) is 6.54 Å². The van der Waals surface area contributed by atoms with Gasteiger partial charge in [-0.05, 0) is 42.8 Å². The van der Waals surface area contributed by atoms with E-state index in [1.807, 2.05) is 36.1 Å².